The third-order valence-electron chi connectivity index (χ3n) is 12.2. The Hall–Kier alpha value is -0.630. The number of fused-ring (bicyclic) bond motifs is 5. The van der Waals surface area contributed by atoms with E-state index in [1.807, 2.05) is 0 Å². The van der Waals surface area contributed by atoms with E-state index in [9.17, 15) is 9.90 Å². The van der Waals surface area contributed by atoms with Gasteiger partial charge in [0.25, 0.3) is 0 Å². The first-order chi connectivity index (χ1) is 14.7. The molecule has 0 amide bonds. The Kier molecular flexibility index (Phi) is 5.89. The fraction of sp³-hybridized carbons (Fsp3) is 0.900. The molecule has 0 heterocycles. The summed E-state index contributed by atoms with van der Waals surface area (Å²) in [6.45, 7) is 20.5. The normalized spacial score (nSPS) is 47.2. The van der Waals surface area contributed by atoms with Crippen molar-refractivity contribution in [2.24, 2.45) is 45.3 Å². The monoisotopic (exact) mass is 442 g/mol. The predicted octanol–water partition coefficient (Wildman–Crippen LogP) is 7.74. The van der Waals surface area contributed by atoms with E-state index in [4.69, 9.17) is 0 Å². The van der Waals surface area contributed by atoms with Gasteiger partial charge < -0.3 is 5.11 Å². The summed E-state index contributed by atoms with van der Waals surface area (Å²) in [5.74, 6) is 2.77. The number of carbonyl (C=O) groups excluding carboxylic acids is 1. The fourth-order valence-electron chi connectivity index (χ4n) is 10.2. The van der Waals surface area contributed by atoms with Crippen molar-refractivity contribution < 1.29 is 9.90 Å². The number of allylic oxidation sites excluding steroid dienone is 1. The highest BCUT2D eigenvalue weighted by molar-refractivity contribution is 5.85. The molecule has 0 aliphatic heterocycles. The van der Waals surface area contributed by atoms with Gasteiger partial charge in [0.15, 0.2) is 0 Å². The molecule has 182 valence electrons. The number of rotatable bonds is 5. The van der Waals surface area contributed by atoms with Crippen LogP contribution in [0, 0.1) is 45.3 Å². The third kappa shape index (κ3) is 3.32. The third-order valence-corrected chi connectivity index (χ3v) is 12.2. The van der Waals surface area contributed by atoms with Crippen LogP contribution < -0.4 is 0 Å². The summed E-state index contributed by atoms with van der Waals surface area (Å²) in [5, 5.41) is 11.6. The molecule has 4 aliphatic carbocycles. The van der Waals surface area contributed by atoms with Crippen LogP contribution in [0.1, 0.15) is 119 Å². The maximum Gasteiger partial charge on any atom is 0.138 e. The predicted molar refractivity (Wildman–Crippen MR) is 133 cm³/mol. The van der Waals surface area contributed by atoms with Gasteiger partial charge in [-0.3, -0.25) is 4.79 Å². The Morgan fingerprint density at radius 3 is 2.31 bits per heavy atom. The van der Waals surface area contributed by atoms with Crippen LogP contribution in [0.2, 0.25) is 0 Å². The van der Waals surface area contributed by atoms with E-state index >= 15 is 0 Å². The molecule has 0 unspecified atom stereocenters. The molecule has 0 bridgehead atoms. The summed E-state index contributed by atoms with van der Waals surface area (Å²) < 4.78 is 0. The minimum absolute atomic E-state index is 0.169. The largest absolute Gasteiger partial charge is 0.390 e. The van der Waals surface area contributed by atoms with Crippen molar-refractivity contribution in [3.05, 3.63) is 12.2 Å². The van der Waals surface area contributed by atoms with Crippen LogP contribution in [-0.4, -0.2) is 16.5 Å². The molecular weight excluding hydrogens is 392 g/mol. The average molecular weight is 443 g/mol. The van der Waals surface area contributed by atoms with E-state index in [1.165, 1.54) is 44.1 Å². The maximum absolute atomic E-state index is 12.8. The Labute approximate surface area is 198 Å². The summed E-state index contributed by atoms with van der Waals surface area (Å²) in [6, 6.07) is 0. The second kappa shape index (κ2) is 7.69. The zero-order valence-corrected chi connectivity index (χ0v) is 22.2. The molecule has 0 radical (unpaired) electrons. The minimum atomic E-state index is -0.568. The topological polar surface area (TPSA) is 37.3 Å². The number of Topliss-reactive ketones (excluding diaryl/α,β-unsaturated/α-hetero) is 1. The Bertz CT molecular complexity index is 778. The van der Waals surface area contributed by atoms with Crippen molar-refractivity contribution in [2.75, 3.05) is 0 Å². The molecule has 2 nitrogen and oxygen atoms in total. The number of aliphatic hydroxyl groups is 1. The van der Waals surface area contributed by atoms with E-state index in [-0.39, 0.29) is 10.8 Å². The Balaban J connectivity index is 1.61. The molecule has 0 aromatic carbocycles. The van der Waals surface area contributed by atoms with Crippen molar-refractivity contribution >= 4 is 5.78 Å². The maximum atomic E-state index is 12.8. The first-order valence-electron chi connectivity index (χ1n) is 13.6. The zero-order valence-electron chi connectivity index (χ0n) is 22.2. The molecular formula is C30H50O2. The second-order valence-corrected chi connectivity index (χ2v) is 14.1. The second-order valence-electron chi connectivity index (χ2n) is 14.1. The molecule has 1 N–H and O–H groups in total. The van der Waals surface area contributed by atoms with Gasteiger partial charge in [-0.15, -0.1) is 6.58 Å². The van der Waals surface area contributed by atoms with Crippen LogP contribution >= 0.6 is 0 Å². The fourth-order valence-corrected chi connectivity index (χ4v) is 10.2. The summed E-state index contributed by atoms with van der Waals surface area (Å²) in [7, 11) is 0. The van der Waals surface area contributed by atoms with Gasteiger partial charge in [0.05, 0.1) is 5.60 Å². The van der Waals surface area contributed by atoms with Crippen molar-refractivity contribution in [3.63, 3.8) is 0 Å². The van der Waals surface area contributed by atoms with Crippen LogP contribution in [0.5, 0.6) is 0 Å². The van der Waals surface area contributed by atoms with Gasteiger partial charge in [-0.05, 0) is 118 Å². The first-order valence-corrected chi connectivity index (χ1v) is 13.6. The lowest BCUT2D eigenvalue weighted by Crippen LogP contribution is -2.63. The molecule has 4 aliphatic rings. The summed E-state index contributed by atoms with van der Waals surface area (Å²) >= 11 is 0. The molecule has 0 aromatic heterocycles. The van der Waals surface area contributed by atoms with E-state index in [0.29, 0.717) is 40.3 Å². The van der Waals surface area contributed by atoms with Crippen molar-refractivity contribution in [1.82, 2.24) is 0 Å². The van der Waals surface area contributed by atoms with Gasteiger partial charge >= 0.3 is 0 Å². The molecule has 2 heteroatoms. The number of hydrogen-bond donors (Lipinski definition) is 1. The lowest BCUT2D eigenvalue weighted by atomic mass is 9.35. The highest BCUT2D eigenvalue weighted by Gasteiger charge is 2.69. The highest BCUT2D eigenvalue weighted by Crippen LogP contribution is 2.75. The first kappa shape index (κ1) is 24.5. The average Bonchev–Trinajstić information content (AvgIpc) is 3.04. The molecule has 0 saturated heterocycles. The smallest absolute Gasteiger partial charge is 0.138 e. The van der Waals surface area contributed by atoms with Crippen LogP contribution in [0.25, 0.3) is 0 Å². The van der Waals surface area contributed by atoms with E-state index in [2.05, 4.69) is 55.0 Å². The van der Waals surface area contributed by atoms with Crippen LogP contribution in [-0.2, 0) is 4.79 Å². The van der Waals surface area contributed by atoms with Gasteiger partial charge in [-0.25, -0.2) is 0 Å². The minimum Gasteiger partial charge on any atom is -0.390 e. The van der Waals surface area contributed by atoms with Gasteiger partial charge in [-0.1, -0.05) is 40.2 Å². The SMILES string of the molecule is C=C(C)CCC[C@@](C)(O)[C@H]1CC[C@]2(C)[C@@H]1CC[C@@H]1[C@@]3(C)CCC(=O)C(C)(C)[C@@H]3CC[C@]12C. The standard InChI is InChI=1S/C30H50O2/c1-20(2)10-9-16-30(8,32)22-13-18-28(6)21(22)11-12-24-27(5)17-15-25(31)26(3,4)23(27)14-19-29(24,28)7/h21-24,32H,1,9-19H2,2-8H3/t21-,22+,23+,24-,27+,28-,29-,30-/m1/s1. The summed E-state index contributed by atoms with van der Waals surface area (Å²) in [4.78, 5) is 12.8. The quantitative estimate of drug-likeness (QED) is 0.442. The Morgan fingerprint density at radius 2 is 1.66 bits per heavy atom. The van der Waals surface area contributed by atoms with E-state index < -0.39 is 5.60 Å². The lowest BCUT2D eigenvalue weighted by Gasteiger charge is -2.69. The van der Waals surface area contributed by atoms with Crippen LogP contribution in [0.4, 0.5) is 0 Å². The molecule has 4 saturated carbocycles. The van der Waals surface area contributed by atoms with Crippen molar-refractivity contribution in [1.29, 1.82) is 0 Å². The van der Waals surface area contributed by atoms with Crippen molar-refractivity contribution in [3.8, 4) is 0 Å². The van der Waals surface area contributed by atoms with E-state index in [0.717, 1.165) is 32.1 Å². The van der Waals surface area contributed by atoms with Gasteiger partial charge in [-0.2, -0.15) is 0 Å². The molecule has 0 spiro atoms. The molecule has 32 heavy (non-hydrogen) atoms. The van der Waals surface area contributed by atoms with Gasteiger partial charge in [0.1, 0.15) is 5.78 Å². The lowest BCUT2D eigenvalue weighted by molar-refractivity contribution is -0.207. The number of carbonyl (C=O) groups is 1. The highest BCUT2D eigenvalue weighted by atomic mass is 16.3. The number of hydrogen-bond acceptors (Lipinski definition) is 2. The zero-order chi connectivity index (χ0) is 23.7. The Morgan fingerprint density at radius 1 is 1.00 bits per heavy atom. The number of ketones is 1. The molecule has 0 aromatic rings. The molecule has 8 atom stereocenters. The van der Waals surface area contributed by atoms with Crippen LogP contribution in [0.15, 0.2) is 12.2 Å². The van der Waals surface area contributed by atoms with Gasteiger partial charge in [0, 0.05) is 11.8 Å². The summed E-state index contributed by atoms with van der Waals surface area (Å²) in [5.41, 5.74) is 1.39. The summed E-state index contributed by atoms with van der Waals surface area (Å²) in [6.07, 6.45) is 12.3. The van der Waals surface area contributed by atoms with E-state index in [1.54, 1.807) is 0 Å². The van der Waals surface area contributed by atoms with Gasteiger partial charge in [0.2, 0.25) is 0 Å². The van der Waals surface area contributed by atoms with Crippen LogP contribution in [0.3, 0.4) is 0 Å². The molecule has 4 fully saturated rings. The van der Waals surface area contributed by atoms with Crippen molar-refractivity contribution in [2.45, 2.75) is 125 Å². The molecule has 4 rings (SSSR count).